The maximum atomic E-state index is 12.4. The second kappa shape index (κ2) is 6.48. The fourth-order valence-electron chi connectivity index (χ4n) is 2.96. The summed E-state index contributed by atoms with van der Waals surface area (Å²) in [5, 5.41) is 10.8. The molecule has 1 amide bonds. The third kappa shape index (κ3) is 3.04. The molecular weight excluding hydrogens is 362 g/mol. The molecule has 1 aromatic carbocycles. The zero-order chi connectivity index (χ0) is 18.2. The van der Waals surface area contributed by atoms with Crippen molar-refractivity contribution in [3.05, 3.63) is 60.6 Å². The van der Waals surface area contributed by atoms with Gasteiger partial charge in [-0.15, -0.1) is 0 Å². The van der Waals surface area contributed by atoms with Gasteiger partial charge in [0.25, 0.3) is 5.91 Å². The number of amides is 1. The van der Waals surface area contributed by atoms with Gasteiger partial charge >= 0.3 is 0 Å². The average molecular weight is 377 g/mol. The lowest BCUT2D eigenvalue weighted by atomic mass is 10.1. The van der Waals surface area contributed by atoms with Gasteiger partial charge in [0.05, 0.1) is 12.0 Å². The standard InChI is InChI=1S/C19H15N5O2S/c25-18(15-10-14(22-23-15)17-2-1-8-26-17)20-13-5-3-12(4-6-13)16-11-24-7-9-27-19(24)21-16/h1-6,8,10-11H,7,9H2,(H,20,25)(H,22,23). The number of aromatic nitrogens is 4. The summed E-state index contributed by atoms with van der Waals surface area (Å²) in [7, 11) is 0. The molecule has 2 N–H and O–H groups in total. The van der Waals surface area contributed by atoms with Crippen LogP contribution in [0, 0.1) is 0 Å². The first-order valence-electron chi connectivity index (χ1n) is 8.47. The molecule has 4 aromatic rings. The molecule has 4 heterocycles. The average Bonchev–Trinajstić information content (AvgIpc) is 3.45. The van der Waals surface area contributed by atoms with Gasteiger partial charge in [-0.05, 0) is 24.3 Å². The Morgan fingerprint density at radius 1 is 1.26 bits per heavy atom. The highest BCUT2D eigenvalue weighted by Crippen LogP contribution is 2.29. The van der Waals surface area contributed by atoms with E-state index in [0.717, 1.165) is 28.7 Å². The number of carbonyl (C=O) groups is 1. The van der Waals surface area contributed by atoms with Gasteiger partial charge in [-0.2, -0.15) is 5.10 Å². The predicted molar refractivity (Wildman–Crippen MR) is 103 cm³/mol. The van der Waals surface area contributed by atoms with E-state index in [1.807, 2.05) is 24.3 Å². The normalized spacial score (nSPS) is 12.9. The lowest BCUT2D eigenvalue weighted by molar-refractivity contribution is 0.102. The number of thioether (sulfide) groups is 1. The molecule has 1 aliphatic heterocycles. The summed E-state index contributed by atoms with van der Waals surface area (Å²) in [6.07, 6.45) is 3.65. The number of aryl methyl sites for hydroxylation is 1. The Kier molecular flexibility index (Phi) is 3.83. The van der Waals surface area contributed by atoms with Crippen LogP contribution in [-0.4, -0.2) is 31.4 Å². The number of nitrogens with zero attached hydrogens (tertiary/aromatic N) is 3. The SMILES string of the molecule is O=C(Nc1ccc(-c2cn3c(n2)SCC3)cc1)c1cc(-c2ccco2)[nH]n1. The highest BCUT2D eigenvalue weighted by atomic mass is 32.2. The number of aromatic amines is 1. The van der Waals surface area contributed by atoms with E-state index in [1.54, 1.807) is 36.2 Å². The number of hydrogen-bond acceptors (Lipinski definition) is 5. The smallest absolute Gasteiger partial charge is 0.276 e. The van der Waals surface area contributed by atoms with Gasteiger partial charge in [-0.3, -0.25) is 9.89 Å². The second-order valence-electron chi connectivity index (χ2n) is 6.13. The Hall–Kier alpha value is -3.26. The third-order valence-corrected chi connectivity index (χ3v) is 5.31. The maximum absolute atomic E-state index is 12.4. The number of rotatable bonds is 4. The number of H-pyrrole nitrogens is 1. The minimum atomic E-state index is -0.283. The van der Waals surface area contributed by atoms with Crippen molar-refractivity contribution in [3.8, 4) is 22.7 Å². The summed E-state index contributed by atoms with van der Waals surface area (Å²) in [6.45, 7) is 1.00. The Balaban J connectivity index is 1.30. The van der Waals surface area contributed by atoms with E-state index in [0.29, 0.717) is 22.8 Å². The van der Waals surface area contributed by atoms with Crippen LogP contribution in [0.1, 0.15) is 10.5 Å². The molecule has 7 nitrogen and oxygen atoms in total. The third-order valence-electron chi connectivity index (χ3n) is 4.34. The highest BCUT2D eigenvalue weighted by molar-refractivity contribution is 7.99. The van der Waals surface area contributed by atoms with Crippen molar-refractivity contribution in [1.82, 2.24) is 19.7 Å². The first-order chi connectivity index (χ1) is 13.3. The number of nitrogens with one attached hydrogen (secondary N) is 2. The molecule has 8 heteroatoms. The van der Waals surface area contributed by atoms with Gasteiger partial charge in [0.2, 0.25) is 0 Å². The van der Waals surface area contributed by atoms with Crippen LogP contribution in [0.5, 0.6) is 0 Å². The van der Waals surface area contributed by atoms with Crippen LogP contribution < -0.4 is 5.32 Å². The number of imidazole rings is 1. The van der Waals surface area contributed by atoms with E-state index in [2.05, 4.69) is 31.3 Å². The lowest BCUT2D eigenvalue weighted by Crippen LogP contribution is -2.12. The molecule has 134 valence electrons. The number of furan rings is 1. The molecule has 3 aromatic heterocycles. The van der Waals surface area contributed by atoms with Crippen molar-refractivity contribution in [3.63, 3.8) is 0 Å². The van der Waals surface area contributed by atoms with E-state index in [-0.39, 0.29) is 5.91 Å². The van der Waals surface area contributed by atoms with Crippen LogP contribution in [0.25, 0.3) is 22.7 Å². The molecular formula is C19H15N5O2S. The Bertz CT molecular complexity index is 1070. The fraction of sp³-hybridized carbons (Fsp3) is 0.105. The van der Waals surface area contributed by atoms with Crippen molar-refractivity contribution in [2.45, 2.75) is 11.7 Å². The number of fused-ring (bicyclic) bond motifs is 1. The van der Waals surface area contributed by atoms with Gasteiger partial charge in [0.1, 0.15) is 5.69 Å². The Morgan fingerprint density at radius 2 is 2.15 bits per heavy atom. The van der Waals surface area contributed by atoms with Crippen LogP contribution in [0.2, 0.25) is 0 Å². The van der Waals surface area contributed by atoms with Crippen LogP contribution in [0.3, 0.4) is 0 Å². The molecule has 0 spiro atoms. The van der Waals surface area contributed by atoms with Crippen LogP contribution in [-0.2, 0) is 6.54 Å². The van der Waals surface area contributed by atoms with Crippen LogP contribution in [0.15, 0.2) is 64.5 Å². The van der Waals surface area contributed by atoms with Crippen molar-refractivity contribution in [2.24, 2.45) is 0 Å². The van der Waals surface area contributed by atoms with Gasteiger partial charge < -0.3 is 14.3 Å². The van der Waals surface area contributed by atoms with Gasteiger partial charge in [-0.25, -0.2) is 4.98 Å². The molecule has 0 aliphatic carbocycles. The lowest BCUT2D eigenvalue weighted by Gasteiger charge is -2.04. The largest absolute Gasteiger partial charge is 0.463 e. The van der Waals surface area contributed by atoms with Crippen molar-refractivity contribution in [2.75, 3.05) is 11.1 Å². The quantitative estimate of drug-likeness (QED) is 0.563. The molecule has 1 aliphatic rings. The molecule has 5 rings (SSSR count). The molecule has 0 radical (unpaired) electrons. The van der Waals surface area contributed by atoms with Gasteiger partial charge in [0, 0.05) is 35.8 Å². The second-order valence-corrected chi connectivity index (χ2v) is 7.19. The maximum Gasteiger partial charge on any atom is 0.276 e. The molecule has 0 saturated heterocycles. The summed E-state index contributed by atoms with van der Waals surface area (Å²) in [6, 6.07) is 12.9. The summed E-state index contributed by atoms with van der Waals surface area (Å²) in [5.74, 6) is 1.44. The molecule has 0 unspecified atom stereocenters. The number of benzene rings is 1. The van der Waals surface area contributed by atoms with Gasteiger partial charge in [-0.1, -0.05) is 23.9 Å². The van der Waals surface area contributed by atoms with Crippen molar-refractivity contribution >= 4 is 23.4 Å². The fourth-order valence-corrected chi connectivity index (χ4v) is 3.91. The minimum Gasteiger partial charge on any atom is -0.463 e. The van der Waals surface area contributed by atoms with E-state index < -0.39 is 0 Å². The number of carbonyl (C=O) groups excluding carboxylic acids is 1. The summed E-state index contributed by atoms with van der Waals surface area (Å²) in [4.78, 5) is 17.0. The van der Waals surface area contributed by atoms with Gasteiger partial charge in [0.15, 0.2) is 16.6 Å². The molecule has 0 saturated carbocycles. The topological polar surface area (TPSA) is 88.7 Å². The van der Waals surface area contributed by atoms with E-state index >= 15 is 0 Å². The van der Waals surface area contributed by atoms with E-state index in [1.165, 1.54) is 0 Å². The Morgan fingerprint density at radius 3 is 2.93 bits per heavy atom. The predicted octanol–water partition coefficient (Wildman–Crippen LogP) is 3.89. The van der Waals surface area contributed by atoms with Crippen LogP contribution in [0.4, 0.5) is 5.69 Å². The monoisotopic (exact) mass is 377 g/mol. The molecule has 0 bridgehead atoms. The zero-order valence-electron chi connectivity index (χ0n) is 14.2. The Labute approximate surface area is 158 Å². The number of anilines is 1. The first kappa shape index (κ1) is 16.0. The summed E-state index contributed by atoms with van der Waals surface area (Å²) >= 11 is 1.77. The summed E-state index contributed by atoms with van der Waals surface area (Å²) in [5.41, 5.74) is 3.63. The first-order valence-corrected chi connectivity index (χ1v) is 9.46. The zero-order valence-corrected chi connectivity index (χ0v) is 15.0. The summed E-state index contributed by atoms with van der Waals surface area (Å²) < 4.78 is 7.47. The molecule has 0 fully saturated rings. The molecule has 0 atom stereocenters. The molecule has 27 heavy (non-hydrogen) atoms. The van der Waals surface area contributed by atoms with Crippen molar-refractivity contribution in [1.29, 1.82) is 0 Å². The van der Waals surface area contributed by atoms with Crippen LogP contribution >= 0.6 is 11.8 Å². The van der Waals surface area contributed by atoms with E-state index in [4.69, 9.17) is 4.42 Å². The highest BCUT2D eigenvalue weighted by Gasteiger charge is 2.16. The number of hydrogen-bond donors (Lipinski definition) is 2. The van der Waals surface area contributed by atoms with E-state index in [9.17, 15) is 4.79 Å². The minimum absolute atomic E-state index is 0.283. The van der Waals surface area contributed by atoms with Crippen molar-refractivity contribution < 1.29 is 9.21 Å².